The van der Waals surface area contributed by atoms with Crippen LogP contribution < -0.4 is 10.2 Å². The maximum Gasteiger partial charge on any atom is 0.416 e. The molecule has 0 saturated carbocycles. The lowest BCUT2D eigenvalue weighted by molar-refractivity contribution is -0.137. The molecule has 1 fully saturated rings. The molecule has 0 spiro atoms. The van der Waals surface area contributed by atoms with Gasteiger partial charge in [0.1, 0.15) is 5.82 Å². The number of anilines is 1. The second-order valence-electron chi connectivity index (χ2n) is 9.48. The molecule has 0 aromatic heterocycles. The molecule has 0 aliphatic carbocycles. The summed E-state index contributed by atoms with van der Waals surface area (Å²) in [5.41, 5.74) is 2.55. The molecule has 0 bridgehead atoms. The van der Waals surface area contributed by atoms with Gasteiger partial charge in [-0.2, -0.15) is 13.2 Å². The Labute approximate surface area is 207 Å². The van der Waals surface area contributed by atoms with E-state index in [1.54, 1.807) is 18.2 Å². The average Bonchev–Trinajstić information content (AvgIpc) is 2.88. The van der Waals surface area contributed by atoms with Gasteiger partial charge in [-0.25, -0.2) is 4.39 Å². The number of hydrogen-bond acceptors (Lipinski definition) is 3. The van der Waals surface area contributed by atoms with Crippen LogP contribution in [0.5, 0.6) is 0 Å². The molecule has 0 unspecified atom stereocenters. The number of alkyl halides is 3. The quantitative estimate of drug-likeness (QED) is 0.503. The van der Waals surface area contributed by atoms with E-state index in [1.165, 1.54) is 18.2 Å². The Hall–Kier alpha value is -3.39. The van der Waals surface area contributed by atoms with Crippen molar-refractivity contribution in [2.75, 3.05) is 24.5 Å². The van der Waals surface area contributed by atoms with Gasteiger partial charge in [0.2, 0.25) is 5.91 Å². The van der Waals surface area contributed by atoms with Gasteiger partial charge in [-0.1, -0.05) is 42.5 Å². The lowest BCUT2D eigenvalue weighted by Crippen LogP contribution is -2.60. The van der Waals surface area contributed by atoms with Gasteiger partial charge >= 0.3 is 6.18 Å². The second kappa shape index (κ2) is 9.93. The van der Waals surface area contributed by atoms with Crippen molar-refractivity contribution in [3.8, 4) is 0 Å². The van der Waals surface area contributed by atoms with Crippen LogP contribution in [0.1, 0.15) is 22.3 Å². The Morgan fingerprint density at radius 3 is 2.42 bits per heavy atom. The minimum Gasteiger partial charge on any atom is -0.365 e. The highest BCUT2D eigenvalue weighted by molar-refractivity contribution is 5.82. The lowest BCUT2D eigenvalue weighted by atomic mass is 9.82. The Bertz CT molecular complexity index is 1210. The molecule has 188 valence electrons. The molecule has 2 aliphatic heterocycles. The Morgan fingerprint density at radius 1 is 0.944 bits per heavy atom. The molecule has 3 aromatic rings. The standard InChI is InChI=1S/C28H27F4N3O/c29-23-9-6-20(7-10-23)17-34-12-13-35-25-11-8-22(28(30,31)32)14-21(25)15-24(26(35)18-34)27(36)33-16-19-4-2-1-3-5-19/h1-11,14,24,26H,12-13,15-18H2,(H,33,36)/t24-,26+/m1/s1. The summed E-state index contributed by atoms with van der Waals surface area (Å²) in [4.78, 5) is 17.7. The van der Waals surface area contributed by atoms with Gasteiger partial charge in [0.25, 0.3) is 0 Å². The molecule has 1 amide bonds. The fraction of sp³-hybridized carbons (Fsp3) is 0.321. The van der Waals surface area contributed by atoms with Gasteiger partial charge < -0.3 is 10.2 Å². The number of carbonyl (C=O) groups is 1. The lowest BCUT2D eigenvalue weighted by Gasteiger charge is -2.49. The van der Waals surface area contributed by atoms with Gasteiger partial charge in [0, 0.05) is 38.4 Å². The van der Waals surface area contributed by atoms with Crippen LogP contribution in [0.15, 0.2) is 72.8 Å². The molecule has 2 heterocycles. The van der Waals surface area contributed by atoms with Crippen molar-refractivity contribution < 1.29 is 22.4 Å². The van der Waals surface area contributed by atoms with E-state index in [0.29, 0.717) is 38.3 Å². The van der Waals surface area contributed by atoms with Crippen molar-refractivity contribution in [3.05, 3.63) is 101 Å². The van der Waals surface area contributed by atoms with Crippen LogP contribution in [0.3, 0.4) is 0 Å². The largest absolute Gasteiger partial charge is 0.416 e. The summed E-state index contributed by atoms with van der Waals surface area (Å²) in [6.07, 6.45) is -4.20. The number of nitrogens with zero attached hydrogens (tertiary/aromatic N) is 2. The molecule has 36 heavy (non-hydrogen) atoms. The van der Waals surface area contributed by atoms with Gasteiger partial charge in [0.15, 0.2) is 0 Å². The normalized spacial score (nSPS) is 19.9. The number of nitrogens with one attached hydrogen (secondary N) is 1. The Balaban J connectivity index is 1.40. The number of amides is 1. The summed E-state index contributed by atoms with van der Waals surface area (Å²) in [5.74, 6) is -0.956. The van der Waals surface area contributed by atoms with E-state index >= 15 is 0 Å². The molecule has 2 aliphatic rings. The first-order valence-electron chi connectivity index (χ1n) is 12.0. The molecule has 3 aromatic carbocycles. The topological polar surface area (TPSA) is 35.6 Å². The van der Waals surface area contributed by atoms with Gasteiger partial charge in [-0.05, 0) is 53.4 Å². The molecule has 4 nitrogen and oxygen atoms in total. The summed E-state index contributed by atoms with van der Waals surface area (Å²) >= 11 is 0. The fourth-order valence-corrected chi connectivity index (χ4v) is 5.27. The fourth-order valence-electron chi connectivity index (χ4n) is 5.27. The van der Waals surface area contributed by atoms with Crippen LogP contribution in [0.2, 0.25) is 0 Å². The van der Waals surface area contributed by atoms with E-state index in [-0.39, 0.29) is 24.2 Å². The molecular weight excluding hydrogens is 470 g/mol. The predicted octanol–water partition coefficient (Wildman–Crippen LogP) is 5.02. The molecular formula is C28H27F4N3O. The van der Waals surface area contributed by atoms with Crippen molar-refractivity contribution in [1.29, 1.82) is 0 Å². The monoisotopic (exact) mass is 497 g/mol. The van der Waals surface area contributed by atoms with Gasteiger partial charge in [0.05, 0.1) is 17.5 Å². The number of rotatable bonds is 5. The third-order valence-corrected chi connectivity index (χ3v) is 7.09. The van der Waals surface area contributed by atoms with Crippen LogP contribution in [-0.2, 0) is 30.5 Å². The van der Waals surface area contributed by atoms with Crippen LogP contribution in [0.25, 0.3) is 0 Å². The zero-order valence-electron chi connectivity index (χ0n) is 19.6. The van der Waals surface area contributed by atoms with Gasteiger partial charge in [-0.3, -0.25) is 9.69 Å². The molecule has 2 atom stereocenters. The maximum absolute atomic E-state index is 13.4. The van der Waals surface area contributed by atoms with Crippen molar-refractivity contribution >= 4 is 11.6 Å². The van der Waals surface area contributed by atoms with Crippen LogP contribution in [-0.4, -0.2) is 36.5 Å². The smallest absolute Gasteiger partial charge is 0.365 e. The summed E-state index contributed by atoms with van der Waals surface area (Å²) in [7, 11) is 0. The van der Waals surface area contributed by atoms with Crippen LogP contribution >= 0.6 is 0 Å². The Morgan fingerprint density at radius 2 is 1.69 bits per heavy atom. The van der Waals surface area contributed by atoms with Crippen molar-refractivity contribution in [3.63, 3.8) is 0 Å². The van der Waals surface area contributed by atoms with Crippen molar-refractivity contribution in [1.82, 2.24) is 10.2 Å². The van der Waals surface area contributed by atoms with E-state index in [9.17, 15) is 22.4 Å². The number of fused-ring (bicyclic) bond motifs is 3. The van der Waals surface area contributed by atoms with Crippen molar-refractivity contribution in [2.24, 2.45) is 5.92 Å². The third-order valence-electron chi connectivity index (χ3n) is 7.09. The minimum absolute atomic E-state index is 0.166. The Kier molecular flexibility index (Phi) is 6.71. The number of hydrogen-bond donors (Lipinski definition) is 1. The summed E-state index contributed by atoms with van der Waals surface area (Å²) < 4.78 is 53.6. The van der Waals surface area contributed by atoms with Crippen LogP contribution in [0.4, 0.5) is 23.2 Å². The number of benzene rings is 3. The zero-order chi connectivity index (χ0) is 25.3. The van der Waals surface area contributed by atoms with E-state index in [2.05, 4.69) is 15.1 Å². The highest BCUT2D eigenvalue weighted by Gasteiger charge is 2.42. The van der Waals surface area contributed by atoms with E-state index in [0.717, 1.165) is 22.9 Å². The summed E-state index contributed by atoms with van der Waals surface area (Å²) in [5, 5.41) is 3.00. The number of carbonyl (C=O) groups excluding carboxylic acids is 1. The van der Waals surface area contributed by atoms with Crippen molar-refractivity contribution in [2.45, 2.75) is 31.7 Å². The van der Waals surface area contributed by atoms with E-state index < -0.39 is 17.7 Å². The molecule has 8 heteroatoms. The predicted molar refractivity (Wildman–Crippen MR) is 130 cm³/mol. The first-order chi connectivity index (χ1) is 17.3. The SMILES string of the molecule is O=C(NCc1ccccc1)[C@@H]1Cc2cc(C(F)(F)F)ccc2N2CCN(Cc3ccc(F)cc3)C[C@@H]12. The third kappa shape index (κ3) is 5.23. The summed E-state index contributed by atoms with van der Waals surface area (Å²) in [6.45, 7) is 2.83. The van der Waals surface area contributed by atoms with Gasteiger partial charge in [-0.15, -0.1) is 0 Å². The number of piperazine rings is 1. The summed E-state index contributed by atoms with van der Waals surface area (Å²) in [6, 6.07) is 19.6. The van der Waals surface area contributed by atoms with E-state index in [4.69, 9.17) is 0 Å². The second-order valence-corrected chi connectivity index (χ2v) is 9.48. The molecule has 1 N–H and O–H groups in total. The van der Waals surface area contributed by atoms with Crippen LogP contribution in [0, 0.1) is 11.7 Å². The highest BCUT2D eigenvalue weighted by Crippen LogP contribution is 2.40. The first-order valence-corrected chi connectivity index (χ1v) is 12.0. The molecule has 0 radical (unpaired) electrons. The zero-order valence-corrected chi connectivity index (χ0v) is 19.6. The maximum atomic E-state index is 13.4. The first kappa shape index (κ1) is 24.3. The highest BCUT2D eigenvalue weighted by atomic mass is 19.4. The number of halogens is 4. The minimum atomic E-state index is -4.44. The van der Waals surface area contributed by atoms with E-state index in [1.807, 2.05) is 30.3 Å². The molecule has 5 rings (SSSR count). The average molecular weight is 498 g/mol. The molecule has 1 saturated heterocycles.